The molecule has 0 radical (unpaired) electrons. The van der Waals surface area contributed by atoms with E-state index in [0.717, 1.165) is 0 Å². The number of hydrogen-bond acceptors (Lipinski definition) is 4. The third-order valence-electron chi connectivity index (χ3n) is 2.35. The van der Waals surface area contributed by atoms with E-state index in [9.17, 15) is 9.59 Å². The quantitative estimate of drug-likeness (QED) is 0.479. The summed E-state index contributed by atoms with van der Waals surface area (Å²) in [6.07, 6.45) is -0.932. The molecule has 0 fully saturated rings. The van der Waals surface area contributed by atoms with E-state index >= 15 is 0 Å². The molecule has 0 rings (SSSR count). The average Bonchev–Trinajstić information content (AvgIpc) is 2.16. The van der Waals surface area contributed by atoms with Crippen LogP contribution in [0.25, 0.3) is 0 Å². The smallest absolute Gasteiger partial charge is 0.218 e. The molecule has 0 atom stereocenters. The summed E-state index contributed by atoms with van der Waals surface area (Å²) in [6, 6.07) is 0. The van der Waals surface area contributed by atoms with E-state index < -0.39 is 11.7 Å². The van der Waals surface area contributed by atoms with Gasteiger partial charge in [-0.1, -0.05) is 0 Å². The molecule has 0 aromatic rings. The van der Waals surface area contributed by atoms with Crippen LogP contribution in [0.3, 0.4) is 0 Å². The first-order valence-electron chi connectivity index (χ1n) is 5.16. The molecule has 88 valence electrons. The Hall–Kier alpha value is -0.740. The number of carbonyl (C=O) groups excluding carboxylic acids is 2. The summed E-state index contributed by atoms with van der Waals surface area (Å²) in [5, 5.41) is 0. The summed E-state index contributed by atoms with van der Waals surface area (Å²) in [4.78, 5) is 23.2. The van der Waals surface area contributed by atoms with Crippen molar-refractivity contribution in [2.75, 3.05) is 13.2 Å². The van der Waals surface area contributed by atoms with Gasteiger partial charge in [-0.15, -0.1) is 0 Å². The second-order valence-electron chi connectivity index (χ2n) is 3.79. The van der Waals surface area contributed by atoms with E-state index in [0.29, 0.717) is 13.2 Å². The first-order valence-corrected chi connectivity index (χ1v) is 5.16. The molecular weight excluding hydrogens is 196 g/mol. The van der Waals surface area contributed by atoms with Crippen molar-refractivity contribution in [2.45, 2.75) is 40.9 Å². The molecule has 0 aliphatic carbocycles. The van der Waals surface area contributed by atoms with Crippen molar-refractivity contribution in [1.82, 2.24) is 0 Å². The summed E-state index contributed by atoms with van der Waals surface area (Å²) < 4.78 is 10.3. The minimum Gasteiger partial charge on any atom is -0.346 e. The van der Waals surface area contributed by atoms with E-state index in [2.05, 4.69) is 0 Å². The minimum absolute atomic E-state index is 0.183. The summed E-state index contributed by atoms with van der Waals surface area (Å²) in [5.41, 5.74) is -1.05. The monoisotopic (exact) mass is 216 g/mol. The van der Waals surface area contributed by atoms with Crippen molar-refractivity contribution in [3.05, 3.63) is 0 Å². The van der Waals surface area contributed by atoms with Gasteiger partial charge in [-0.2, -0.15) is 0 Å². The molecule has 0 amide bonds. The van der Waals surface area contributed by atoms with Gasteiger partial charge >= 0.3 is 0 Å². The normalized spacial score (nSPS) is 11.9. The van der Waals surface area contributed by atoms with Crippen LogP contribution in [0.15, 0.2) is 0 Å². The molecular formula is C11H20O4. The van der Waals surface area contributed by atoms with Gasteiger partial charge in [-0.05, 0) is 34.6 Å². The lowest BCUT2D eigenvalue weighted by Gasteiger charge is -2.25. The largest absolute Gasteiger partial charge is 0.346 e. The Balaban J connectivity index is 4.68. The lowest BCUT2D eigenvalue weighted by molar-refractivity contribution is -0.177. The highest BCUT2D eigenvalue weighted by molar-refractivity contribution is 6.06. The molecule has 0 heterocycles. The van der Waals surface area contributed by atoms with Crippen LogP contribution in [0.5, 0.6) is 0 Å². The fraction of sp³-hybridized carbons (Fsp3) is 0.818. The number of rotatable bonds is 7. The number of carbonyl (C=O) groups is 2. The molecule has 4 heteroatoms. The van der Waals surface area contributed by atoms with Crippen LogP contribution in [-0.2, 0) is 19.1 Å². The SMILES string of the molecule is CCOC(OCC)C(=O)C(C)(C)C(C)=O. The Morgan fingerprint density at radius 2 is 1.53 bits per heavy atom. The van der Waals surface area contributed by atoms with Crippen LogP contribution in [0.4, 0.5) is 0 Å². The number of ketones is 2. The van der Waals surface area contributed by atoms with Crippen molar-refractivity contribution in [3.8, 4) is 0 Å². The van der Waals surface area contributed by atoms with Crippen LogP contribution in [-0.4, -0.2) is 31.1 Å². The third kappa shape index (κ3) is 3.72. The molecule has 0 aromatic heterocycles. The highest BCUT2D eigenvalue weighted by Gasteiger charge is 2.38. The van der Waals surface area contributed by atoms with Gasteiger partial charge in [-0.25, -0.2) is 0 Å². The maximum atomic E-state index is 11.9. The number of hydrogen-bond donors (Lipinski definition) is 0. The molecule has 0 saturated carbocycles. The molecule has 0 aliphatic heterocycles. The van der Waals surface area contributed by atoms with E-state index in [1.807, 2.05) is 0 Å². The fourth-order valence-electron chi connectivity index (χ4n) is 0.970. The summed E-state index contributed by atoms with van der Waals surface area (Å²) >= 11 is 0. The first-order chi connectivity index (χ1) is 6.87. The van der Waals surface area contributed by atoms with Crippen LogP contribution in [0.1, 0.15) is 34.6 Å². The van der Waals surface area contributed by atoms with Gasteiger partial charge in [0.2, 0.25) is 12.1 Å². The Kier molecular flexibility index (Phi) is 5.68. The van der Waals surface area contributed by atoms with Gasteiger partial charge in [0.15, 0.2) is 0 Å². The molecule has 0 bridgehead atoms. The molecule has 0 aliphatic rings. The Bertz CT molecular complexity index is 227. The fourth-order valence-corrected chi connectivity index (χ4v) is 0.970. The van der Waals surface area contributed by atoms with Crippen molar-refractivity contribution in [1.29, 1.82) is 0 Å². The molecule has 0 aromatic carbocycles. The standard InChI is InChI=1S/C11H20O4/c1-6-14-10(15-7-2)9(13)11(4,5)8(3)12/h10H,6-7H2,1-5H3. The Morgan fingerprint density at radius 3 is 1.80 bits per heavy atom. The Morgan fingerprint density at radius 1 is 1.13 bits per heavy atom. The van der Waals surface area contributed by atoms with Crippen molar-refractivity contribution >= 4 is 11.6 Å². The number of Topliss-reactive ketones (excluding diaryl/α,β-unsaturated/α-hetero) is 2. The number of ether oxygens (including phenoxy) is 2. The van der Waals surface area contributed by atoms with Crippen LogP contribution >= 0.6 is 0 Å². The summed E-state index contributed by atoms with van der Waals surface area (Å²) in [7, 11) is 0. The van der Waals surface area contributed by atoms with Gasteiger partial charge in [0.25, 0.3) is 0 Å². The topological polar surface area (TPSA) is 52.6 Å². The highest BCUT2D eigenvalue weighted by Crippen LogP contribution is 2.21. The second kappa shape index (κ2) is 5.98. The van der Waals surface area contributed by atoms with Crippen molar-refractivity contribution in [2.24, 2.45) is 5.41 Å². The molecule has 15 heavy (non-hydrogen) atoms. The van der Waals surface area contributed by atoms with Crippen LogP contribution in [0.2, 0.25) is 0 Å². The van der Waals surface area contributed by atoms with Crippen molar-refractivity contribution in [3.63, 3.8) is 0 Å². The van der Waals surface area contributed by atoms with Crippen molar-refractivity contribution < 1.29 is 19.1 Å². The molecule has 0 N–H and O–H groups in total. The lowest BCUT2D eigenvalue weighted by Crippen LogP contribution is -2.42. The average molecular weight is 216 g/mol. The van der Waals surface area contributed by atoms with E-state index in [1.165, 1.54) is 6.92 Å². The van der Waals surface area contributed by atoms with E-state index in [1.54, 1.807) is 27.7 Å². The maximum absolute atomic E-state index is 11.9. The van der Waals surface area contributed by atoms with E-state index in [4.69, 9.17) is 9.47 Å². The van der Waals surface area contributed by atoms with Gasteiger partial charge in [0, 0.05) is 13.2 Å². The summed E-state index contributed by atoms with van der Waals surface area (Å²) in [6.45, 7) is 8.88. The van der Waals surface area contributed by atoms with Crippen LogP contribution < -0.4 is 0 Å². The van der Waals surface area contributed by atoms with Crippen LogP contribution in [0, 0.1) is 5.41 Å². The maximum Gasteiger partial charge on any atom is 0.218 e. The Labute approximate surface area is 90.9 Å². The molecule has 0 spiro atoms. The van der Waals surface area contributed by atoms with E-state index in [-0.39, 0.29) is 11.6 Å². The lowest BCUT2D eigenvalue weighted by atomic mass is 9.84. The highest BCUT2D eigenvalue weighted by atomic mass is 16.7. The second-order valence-corrected chi connectivity index (χ2v) is 3.79. The zero-order valence-electron chi connectivity index (χ0n) is 10.1. The van der Waals surface area contributed by atoms with Gasteiger partial charge < -0.3 is 9.47 Å². The van der Waals surface area contributed by atoms with Gasteiger partial charge in [0.05, 0.1) is 5.41 Å². The van der Waals surface area contributed by atoms with Gasteiger partial charge in [-0.3, -0.25) is 9.59 Å². The predicted molar refractivity (Wildman–Crippen MR) is 56.5 cm³/mol. The minimum atomic E-state index is -1.05. The molecule has 4 nitrogen and oxygen atoms in total. The first kappa shape index (κ1) is 14.3. The predicted octanol–water partition coefficient (Wildman–Crippen LogP) is 1.57. The molecule has 0 unspecified atom stereocenters. The zero-order chi connectivity index (χ0) is 12.1. The van der Waals surface area contributed by atoms with Gasteiger partial charge in [0.1, 0.15) is 5.78 Å². The summed E-state index contributed by atoms with van der Waals surface area (Å²) in [5.74, 6) is -0.504. The molecule has 0 saturated heterocycles. The third-order valence-corrected chi connectivity index (χ3v) is 2.35. The zero-order valence-corrected chi connectivity index (χ0v) is 10.1.